The first-order chi connectivity index (χ1) is 7.66. The van der Waals surface area contributed by atoms with Crippen LogP contribution < -0.4 is 5.32 Å². The van der Waals surface area contributed by atoms with E-state index in [2.05, 4.69) is 36.0 Å². The Morgan fingerprint density at radius 3 is 2.50 bits per heavy atom. The Bertz CT molecular complexity index is 206. The van der Waals surface area contributed by atoms with Crippen molar-refractivity contribution < 1.29 is 4.74 Å². The topological polar surface area (TPSA) is 27.7 Å². The summed E-state index contributed by atoms with van der Waals surface area (Å²) in [6.07, 6.45) is 0. The predicted molar refractivity (Wildman–Crippen MR) is 65.7 cm³/mol. The third-order valence-corrected chi connectivity index (χ3v) is 3.91. The highest BCUT2D eigenvalue weighted by Gasteiger charge is 2.28. The van der Waals surface area contributed by atoms with Crippen molar-refractivity contribution in [2.24, 2.45) is 0 Å². The second-order valence-electron chi connectivity index (χ2n) is 5.31. The van der Waals surface area contributed by atoms with Gasteiger partial charge in [-0.1, -0.05) is 0 Å². The van der Waals surface area contributed by atoms with E-state index in [0.29, 0.717) is 18.1 Å². The van der Waals surface area contributed by atoms with Gasteiger partial charge in [0.1, 0.15) is 0 Å². The molecule has 0 radical (unpaired) electrons. The smallest absolute Gasteiger partial charge is 0.0632 e. The minimum Gasteiger partial charge on any atom is -0.378 e. The summed E-state index contributed by atoms with van der Waals surface area (Å²) in [7, 11) is 2.23. The van der Waals surface area contributed by atoms with E-state index >= 15 is 0 Å². The summed E-state index contributed by atoms with van der Waals surface area (Å²) >= 11 is 0. The molecule has 4 heteroatoms. The van der Waals surface area contributed by atoms with Crippen LogP contribution in [0.3, 0.4) is 0 Å². The van der Waals surface area contributed by atoms with E-state index in [4.69, 9.17) is 4.74 Å². The number of morpholine rings is 1. The monoisotopic (exact) mass is 227 g/mol. The molecule has 4 nitrogen and oxygen atoms in total. The van der Waals surface area contributed by atoms with Crippen LogP contribution in [0.15, 0.2) is 0 Å². The lowest BCUT2D eigenvalue weighted by Crippen LogP contribution is -2.58. The van der Waals surface area contributed by atoms with Crippen LogP contribution in [0.1, 0.15) is 13.8 Å². The van der Waals surface area contributed by atoms with Gasteiger partial charge in [-0.2, -0.15) is 0 Å². The zero-order chi connectivity index (χ0) is 11.5. The molecule has 3 unspecified atom stereocenters. The maximum atomic E-state index is 5.50. The summed E-state index contributed by atoms with van der Waals surface area (Å²) in [5, 5.41) is 3.53. The van der Waals surface area contributed by atoms with Gasteiger partial charge in [-0.3, -0.25) is 9.80 Å². The Labute approximate surface area is 98.9 Å². The summed E-state index contributed by atoms with van der Waals surface area (Å²) in [5.74, 6) is 0. The maximum absolute atomic E-state index is 5.50. The van der Waals surface area contributed by atoms with Gasteiger partial charge in [0, 0.05) is 44.3 Å². The van der Waals surface area contributed by atoms with Crippen LogP contribution in [0.25, 0.3) is 0 Å². The normalized spacial score (nSPS) is 38.8. The molecule has 0 aromatic carbocycles. The molecule has 0 amide bonds. The number of likely N-dealkylation sites (N-methyl/N-ethyl adjacent to an activating group) is 1. The number of nitrogens with zero attached hydrogens (tertiary/aromatic N) is 2. The molecular formula is C12H25N3O. The minimum atomic E-state index is 0.525. The fourth-order valence-corrected chi connectivity index (χ4v) is 2.71. The van der Waals surface area contributed by atoms with Gasteiger partial charge in [0.05, 0.1) is 13.2 Å². The quantitative estimate of drug-likeness (QED) is 0.719. The Kier molecular flexibility index (Phi) is 4.19. The van der Waals surface area contributed by atoms with Crippen molar-refractivity contribution in [1.29, 1.82) is 0 Å². The highest BCUT2D eigenvalue weighted by atomic mass is 16.5. The van der Waals surface area contributed by atoms with Crippen LogP contribution in [0.4, 0.5) is 0 Å². The molecule has 0 aliphatic carbocycles. The Morgan fingerprint density at radius 2 is 1.94 bits per heavy atom. The van der Waals surface area contributed by atoms with Gasteiger partial charge in [-0.15, -0.1) is 0 Å². The van der Waals surface area contributed by atoms with Gasteiger partial charge in [-0.25, -0.2) is 0 Å². The second kappa shape index (κ2) is 5.45. The van der Waals surface area contributed by atoms with Crippen LogP contribution in [0, 0.1) is 0 Å². The van der Waals surface area contributed by atoms with E-state index in [1.54, 1.807) is 0 Å². The third kappa shape index (κ3) is 2.94. The van der Waals surface area contributed by atoms with Crippen LogP contribution in [0.2, 0.25) is 0 Å². The van der Waals surface area contributed by atoms with Crippen molar-refractivity contribution in [3.05, 3.63) is 0 Å². The molecule has 2 aliphatic heterocycles. The summed E-state index contributed by atoms with van der Waals surface area (Å²) in [5.41, 5.74) is 0. The summed E-state index contributed by atoms with van der Waals surface area (Å²) in [6, 6.07) is 1.85. The molecule has 2 fully saturated rings. The first-order valence-electron chi connectivity index (χ1n) is 6.42. The molecule has 2 rings (SSSR count). The van der Waals surface area contributed by atoms with Crippen molar-refractivity contribution in [2.45, 2.75) is 32.0 Å². The van der Waals surface area contributed by atoms with Crippen molar-refractivity contribution in [3.63, 3.8) is 0 Å². The molecule has 0 saturated carbocycles. The molecule has 94 valence electrons. The zero-order valence-corrected chi connectivity index (χ0v) is 10.8. The van der Waals surface area contributed by atoms with Crippen LogP contribution >= 0.6 is 0 Å². The predicted octanol–water partition coefficient (Wildman–Crippen LogP) is -0.000800. The van der Waals surface area contributed by atoms with E-state index in [1.807, 2.05) is 0 Å². The van der Waals surface area contributed by atoms with Gasteiger partial charge >= 0.3 is 0 Å². The van der Waals surface area contributed by atoms with Crippen molar-refractivity contribution >= 4 is 0 Å². The largest absolute Gasteiger partial charge is 0.378 e. The standard InChI is InChI=1S/C12H25N3O/c1-10-6-15(7-11(2)14(10)3)8-12-9-16-5-4-13-12/h10-13H,4-9H2,1-3H3. The van der Waals surface area contributed by atoms with Gasteiger partial charge in [0.25, 0.3) is 0 Å². The van der Waals surface area contributed by atoms with Gasteiger partial charge in [-0.05, 0) is 20.9 Å². The van der Waals surface area contributed by atoms with E-state index in [0.717, 1.165) is 26.3 Å². The lowest BCUT2D eigenvalue weighted by molar-refractivity contribution is 0.0257. The van der Waals surface area contributed by atoms with Crippen molar-refractivity contribution in [1.82, 2.24) is 15.1 Å². The Morgan fingerprint density at radius 1 is 1.25 bits per heavy atom. The average molecular weight is 227 g/mol. The Balaban J connectivity index is 1.81. The molecule has 0 spiro atoms. The number of nitrogens with one attached hydrogen (secondary N) is 1. The number of hydrogen-bond acceptors (Lipinski definition) is 4. The summed E-state index contributed by atoms with van der Waals surface area (Å²) in [6.45, 7) is 10.9. The molecule has 16 heavy (non-hydrogen) atoms. The van der Waals surface area contributed by atoms with E-state index in [1.165, 1.54) is 13.1 Å². The van der Waals surface area contributed by atoms with Crippen LogP contribution in [0.5, 0.6) is 0 Å². The van der Waals surface area contributed by atoms with Crippen molar-refractivity contribution in [2.75, 3.05) is 46.4 Å². The average Bonchev–Trinajstić information content (AvgIpc) is 2.27. The third-order valence-electron chi connectivity index (χ3n) is 3.91. The van der Waals surface area contributed by atoms with Gasteiger partial charge in [0.15, 0.2) is 0 Å². The summed E-state index contributed by atoms with van der Waals surface area (Å²) in [4.78, 5) is 5.04. The van der Waals surface area contributed by atoms with Crippen molar-refractivity contribution in [3.8, 4) is 0 Å². The fourth-order valence-electron chi connectivity index (χ4n) is 2.71. The summed E-state index contributed by atoms with van der Waals surface area (Å²) < 4.78 is 5.50. The molecule has 1 N–H and O–H groups in total. The molecule has 2 heterocycles. The molecule has 2 saturated heterocycles. The van der Waals surface area contributed by atoms with E-state index < -0.39 is 0 Å². The molecule has 2 aliphatic rings. The zero-order valence-electron chi connectivity index (χ0n) is 10.8. The van der Waals surface area contributed by atoms with Crippen LogP contribution in [-0.2, 0) is 4.74 Å². The lowest BCUT2D eigenvalue weighted by atomic mass is 10.1. The highest BCUT2D eigenvalue weighted by Crippen LogP contribution is 2.13. The number of piperazine rings is 1. The number of hydrogen-bond donors (Lipinski definition) is 1. The molecular weight excluding hydrogens is 202 g/mol. The van der Waals surface area contributed by atoms with E-state index in [-0.39, 0.29) is 0 Å². The first-order valence-corrected chi connectivity index (χ1v) is 6.42. The highest BCUT2D eigenvalue weighted by molar-refractivity contribution is 4.85. The van der Waals surface area contributed by atoms with Gasteiger partial charge < -0.3 is 10.1 Å². The lowest BCUT2D eigenvalue weighted by Gasteiger charge is -2.43. The molecule has 0 aromatic rings. The molecule has 3 atom stereocenters. The Hall–Kier alpha value is -0.160. The van der Waals surface area contributed by atoms with E-state index in [9.17, 15) is 0 Å². The second-order valence-corrected chi connectivity index (χ2v) is 5.31. The maximum Gasteiger partial charge on any atom is 0.0632 e. The minimum absolute atomic E-state index is 0.525. The SMILES string of the molecule is CC1CN(CC2COCCN2)CC(C)N1C. The number of rotatable bonds is 2. The first kappa shape index (κ1) is 12.3. The van der Waals surface area contributed by atoms with Crippen LogP contribution in [-0.4, -0.2) is 74.4 Å². The number of ether oxygens (including phenoxy) is 1. The fraction of sp³-hybridized carbons (Fsp3) is 1.00. The molecule has 0 bridgehead atoms. The molecule has 0 aromatic heterocycles. The van der Waals surface area contributed by atoms with Gasteiger partial charge in [0.2, 0.25) is 0 Å².